The second-order valence-corrected chi connectivity index (χ2v) is 5.57. The molecule has 3 heteroatoms. The van der Waals surface area contributed by atoms with Gasteiger partial charge < -0.3 is 15.8 Å². The number of ether oxygens (including phenoxy) is 1. The first kappa shape index (κ1) is 16.0. The molecule has 2 atom stereocenters. The number of benzene rings is 1. The lowest BCUT2D eigenvalue weighted by Gasteiger charge is -2.22. The van der Waals surface area contributed by atoms with Crippen molar-refractivity contribution in [3.8, 4) is 5.75 Å². The van der Waals surface area contributed by atoms with Crippen molar-refractivity contribution in [3.63, 3.8) is 0 Å². The predicted octanol–water partition coefficient (Wildman–Crippen LogP) is 3.06. The molecular formula is C16H28N2O. The van der Waals surface area contributed by atoms with Crippen LogP contribution in [-0.4, -0.2) is 20.7 Å². The van der Waals surface area contributed by atoms with E-state index >= 15 is 0 Å². The molecule has 0 saturated heterocycles. The van der Waals surface area contributed by atoms with Crippen LogP contribution in [0.15, 0.2) is 18.2 Å². The Bertz CT molecular complexity index is 390. The summed E-state index contributed by atoms with van der Waals surface area (Å²) in [7, 11) is 3.74. The largest absolute Gasteiger partial charge is 0.496 e. The molecule has 1 aromatic rings. The molecule has 108 valence electrons. The van der Waals surface area contributed by atoms with E-state index in [2.05, 4.69) is 44.3 Å². The Morgan fingerprint density at radius 1 is 1.26 bits per heavy atom. The van der Waals surface area contributed by atoms with Crippen molar-refractivity contribution in [1.29, 1.82) is 0 Å². The van der Waals surface area contributed by atoms with Crippen LogP contribution in [-0.2, 0) is 0 Å². The second-order valence-electron chi connectivity index (χ2n) is 5.57. The van der Waals surface area contributed by atoms with Gasteiger partial charge >= 0.3 is 0 Å². The molecule has 1 aromatic carbocycles. The third-order valence-corrected chi connectivity index (χ3v) is 3.67. The molecule has 0 radical (unpaired) electrons. The summed E-state index contributed by atoms with van der Waals surface area (Å²) in [6, 6.07) is 6.83. The van der Waals surface area contributed by atoms with E-state index in [1.54, 1.807) is 7.11 Å². The lowest BCUT2D eigenvalue weighted by molar-refractivity contribution is 0.405. The van der Waals surface area contributed by atoms with Crippen LogP contribution in [0, 0.1) is 5.92 Å². The highest BCUT2D eigenvalue weighted by atomic mass is 16.5. The van der Waals surface area contributed by atoms with Gasteiger partial charge in [-0.15, -0.1) is 0 Å². The molecule has 0 aromatic heterocycles. The van der Waals surface area contributed by atoms with Gasteiger partial charge in [-0.2, -0.15) is 0 Å². The third kappa shape index (κ3) is 4.22. The smallest absolute Gasteiger partial charge is 0.122 e. The van der Waals surface area contributed by atoms with Crippen LogP contribution in [0.4, 0.5) is 0 Å². The molecule has 0 amide bonds. The van der Waals surface area contributed by atoms with Gasteiger partial charge in [0, 0.05) is 6.04 Å². The predicted molar refractivity (Wildman–Crippen MR) is 81.7 cm³/mol. The highest BCUT2D eigenvalue weighted by Crippen LogP contribution is 2.31. The summed E-state index contributed by atoms with van der Waals surface area (Å²) in [5.74, 6) is 1.95. The molecule has 0 aliphatic rings. The third-order valence-electron chi connectivity index (χ3n) is 3.67. The molecule has 19 heavy (non-hydrogen) atoms. The van der Waals surface area contributed by atoms with Crippen LogP contribution in [0.2, 0.25) is 0 Å². The number of hydrogen-bond donors (Lipinski definition) is 2. The summed E-state index contributed by atoms with van der Waals surface area (Å²) in [4.78, 5) is 0. The fourth-order valence-electron chi connectivity index (χ4n) is 2.34. The zero-order chi connectivity index (χ0) is 14.4. The minimum absolute atomic E-state index is 0.349. The van der Waals surface area contributed by atoms with E-state index in [1.807, 2.05) is 7.05 Å². The maximum absolute atomic E-state index is 5.73. The summed E-state index contributed by atoms with van der Waals surface area (Å²) in [5.41, 5.74) is 8.31. The van der Waals surface area contributed by atoms with Crippen LogP contribution in [0.25, 0.3) is 0 Å². The van der Waals surface area contributed by atoms with Crippen molar-refractivity contribution in [2.75, 3.05) is 20.7 Å². The van der Waals surface area contributed by atoms with Gasteiger partial charge in [-0.3, -0.25) is 0 Å². The van der Waals surface area contributed by atoms with E-state index < -0.39 is 0 Å². The summed E-state index contributed by atoms with van der Waals surface area (Å²) >= 11 is 0. The quantitative estimate of drug-likeness (QED) is 0.795. The Kier molecular flexibility index (Phi) is 6.32. The van der Waals surface area contributed by atoms with Crippen molar-refractivity contribution in [2.24, 2.45) is 11.7 Å². The van der Waals surface area contributed by atoms with Gasteiger partial charge in [0.15, 0.2) is 0 Å². The van der Waals surface area contributed by atoms with E-state index in [9.17, 15) is 0 Å². The molecule has 0 bridgehead atoms. The van der Waals surface area contributed by atoms with Gasteiger partial charge in [0.2, 0.25) is 0 Å². The molecule has 0 heterocycles. The first-order valence-corrected chi connectivity index (χ1v) is 7.08. The highest BCUT2D eigenvalue weighted by molar-refractivity contribution is 5.40. The normalized spacial score (nSPS) is 14.5. The van der Waals surface area contributed by atoms with Gasteiger partial charge in [0.1, 0.15) is 5.75 Å². The average Bonchev–Trinajstić information content (AvgIpc) is 2.43. The van der Waals surface area contributed by atoms with Crippen molar-refractivity contribution in [3.05, 3.63) is 29.3 Å². The minimum atomic E-state index is 0.349. The van der Waals surface area contributed by atoms with Gasteiger partial charge in [-0.1, -0.05) is 32.9 Å². The van der Waals surface area contributed by atoms with Crippen LogP contribution < -0.4 is 15.8 Å². The topological polar surface area (TPSA) is 47.3 Å². The average molecular weight is 264 g/mol. The number of rotatable bonds is 7. The first-order valence-electron chi connectivity index (χ1n) is 7.08. The molecule has 0 fully saturated rings. The van der Waals surface area contributed by atoms with Crippen molar-refractivity contribution in [2.45, 2.75) is 39.2 Å². The SMILES string of the molecule is CNC(CC(C)CN)c1ccc(OC)c(C(C)C)c1. The summed E-state index contributed by atoms with van der Waals surface area (Å²) in [6.45, 7) is 7.31. The Morgan fingerprint density at radius 2 is 1.95 bits per heavy atom. The Balaban J connectivity index is 3.01. The van der Waals surface area contributed by atoms with Crippen molar-refractivity contribution >= 4 is 0 Å². The van der Waals surface area contributed by atoms with Crippen LogP contribution >= 0.6 is 0 Å². The van der Waals surface area contributed by atoms with Gasteiger partial charge in [0.25, 0.3) is 0 Å². The standard InChI is InChI=1S/C16H28N2O/c1-11(2)14-9-13(6-7-16(14)19-5)15(18-4)8-12(3)10-17/h6-7,9,11-12,15,18H,8,10,17H2,1-5H3. The summed E-state index contributed by atoms with van der Waals surface area (Å²) in [5, 5.41) is 3.39. The zero-order valence-corrected chi connectivity index (χ0v) is 12.9. The molecule has 0 spiro atoms. The highest BCUT2D eigenvalue weighted by Gasteiger charge is 2.16. The molecular weight excluding hydrogens is 236 g/mol. The molecule has 2 unspecified atom stereocenters. The molecule has 1 rings (SSSR count). The van der Waals surface area contributed by atoms with Crippen molar-refractivity contribution in [1.82, 2.24) is 5.32 Å². The van der Waals surface area contributed by atoms with Gasteiger partial charge in [-0.25, -0.2) is 0 Å². The van der Waals surface area contributed by atoms with Crippen molar-refractivity contribution < 1.29 is 4.74 Å². The fourth-order valence-corrected chi connectivity index (χ4v) is 2.34. The Morgan fingerprint density at radius 3 is 2.42 bits per heavy atom. The lowest BCUT2D eigenvalue weighted by atomic mass is 9.92. The molecule has 0 aliphatic heterocycles. The van der Waals surface area contributed by atoms with Gasteiger partial charge in [-0.05, 0) is 49.0 Å². The van der Waals surface area contributed by atoms with Crippen LogP contribution in [0.1, 0.15) is 50.3 Å². The first-order chi connectivity index (χ1) is 9.03. The maximum atomic E-state index is 5.73. The number of methoxy groups -OCH3 is 1. The molecule has 0 aliphatic carbocycles. The molecule has 3 nitrogen and oxygen atoms in total. The molecule has 3 N–H and O–H groups in total. The van der Waals surface area contributed by atoms with Crippen LogP contribution in [0.3, 0.4) is 0 Å². The monoisotopic (exact) mass is 264 g/mol. The Labute approximate surface area is 117 Å². The minimum Gasteiger partial charge on any atom is -0.496 e. The van der Waals surface area contributed by atoms with Crippen LogP contribution in [0.5, 0.6) is 5.75 Å². The zero-order valence-electron chi connectivity index (χ0n) is 12.9. The van der Waals surface area contributed by atoms with E-state index in [1.165, 1.54) is 11.1 Å². The van der Waals surface area contributed by atoms with E-state index in [4.69, 9.17) is 10.5 Å². The van der Waals surface area contributed by atoms with E-state index in [-0.39, 0.29) is 0 Å². The lowest BCUT2D eigenvalue weighted by Crippen LogP contribution is -2.22. The maximum Gasteiger partial charge on any atom is 0.122 e. The van der Waals surface area contributed by atoms with E-state index in [0.717, 1.165) is 18.7 Å². The van der Waals surface area contributed by atoms with Gasteiger partial charge in [0.05, 0.1) is 7.11 Å². The number of hydrogen-bond acceptors (Lipinski definition) is 3. The number of nitrogens with two attached hydrogens (primary N) is 1. The summed E-state index contributed by atoms with van der Waals surface area (Å²) < 4.78 is 5.44. The fraction of sp³-hybridized carbons (Fsp3) is 0.625. The number of nitrogens with one attached hydrogen (secondary N) is 1. The van der Waals surface area contributed by atoms with E-state index in [0.29, 0.717) is 17.9 Å². The Hall–Kier alpha value is -1.06. The summed E-state index contributed by atoms with van der Waals surface area (Å²) in [6.07, 6.45) is 1.05. The second kappa shape index (κ2) is 7.51. The molecule has 0 saturated carbocycles.